The highest BCUT2D eigenvalue weighted by Gasteiger charge is 2.01. The predicted molar refractivity (Wildman–Crippen MR) is 141 cm³/mol. The zero-order chi connectivity index (χ0) is 27.8. The number of hydrogen-bond donors (Lipinski definition) is 8. The summed E-state index contributed by atoms with van der Waals surface area (Å²) in [6.07, 6.45) is 10.2. The topological polar surface area (TPSA) is 307 Å². The first kappa shape index (κ1) is 25.8. The number of H-pyrrole nitrogens is 5. The molecular weight excluding hydrogens is 510 g/mol. The van der Waals surface area contributed by atoms with Crippen LogP contribution in [0.2, 0.25) is 0 Å². The first-order chi connectivity index (χ1) is 18.8. The summed E-state index contributed by atoms with van der Waals surface area (Å²) < 4.78 is 0. The Hall–Kier alpha value is -6.27. The van der Waals surface area contributed by atoms with Crippen molar-refractivity contribution in [3.8, 4) is 0 Å². The maximum absolute atomic E-state index is 10.6. The van der Waals surface area contributed by atoms with Crippen molar-refractivity contribution in [3.05, 3.63) is 70.6 Å². The second-order valence-electron chi connectivity index (χ2n) is 7.34. The molecule has 7 aromatic rings. The van der Waals surface area contributed by atoms with Gasteiger partial charge in [-0.15, -0.1) is 0 Å². The van der Waals surface area contributed by atoms with Gasteiger partial charge in [-0.1, -0.05) is 0 Å². The van der Waals surface area contributed by atoms with Crippen LogP contribution in [0.15, 0.2) is 53.7 Å². The van der Waals surface area contributed by atoms with Gasteiger partial charge in [0.2, 0.25) is 0 Å². The fourth-order valence-corrected chi connectivity index (χ4v) is 2.83. The van der Waals surface area contributed by atoms with Crippen LogP contribution < -0.4 is 28.5 Å². The van der Waals surface area contributed by atoms with Gasteiger partial charge in [-0.2, -0.15) is 0 Å². The first-order valence-corrected chi connectivity index (χ1v) is 10.8. The number of aromatic nitrogens is 14. The molecule has 11 N–H and O–H groups in total. The number of anilines is 3. The fourth-order valence-electron chi connectivity index (χ4n) is 2.83. The number of hydrogen-bond acceptors (Lipinski definition) is 14. The summed E-state index contributed by atoms with van der Waals surface area (Å²) >= 11 is 0. The molecule has 39 heavy (non-hydrogen) atoms. The summed E-state index contributed by atoms with van der Waals surface area (Å²) in [6.45, 7) is 1.62. The van der Waals surface area contributed by atoms with Crippen molar-refractivity contribution in [1.29, 1.82) is 0 Å². The minimum Gasteiger partial charge on any atom is -0.382 e. The Morgan fingerprint density at radius 2 is 0.949 bits per heavy atom. The number of nitrogens with two attached hydrogens (primary N) is 3. The monoisotopic (exact) mass is 531 g/mol. The number of nitrogen functional groups attached to an aromatic ring is 3. The van der Waals surface area contributed by atoms with Crippen molar-refractivity contribution >= 4 is 50.9 Å². The van der Waals surface area contributed by atoms with Crippen LogP contribution in [0.4, 0.5) is 17.5 Å². The Bertz CT molecular complexity index is 1760. The van der Waals surface area contributed by atoms with Gasteiger partial charge in [0.25, 0.3) is 5.56 Å². The third-order valence-electron chi connectivity index (χ3n) is 4.76. The second kappa shape index (κ2) is 11.6. The van der Waals surface area contributed by atoms with E-state index in [1.54, 1.807) is 6.92 Å². The highest BCUT2D eigenvalue weighted by molar-refractivity contribution is 5.81. The lowest BCUT2D eigenvalue weighted by Gasteiger charge is -1.89. The maximum Gasteiger partial charge on any atom is 0.325 e. The largest absolute Gasteiger partial charge is 0.382 e. The van der Waals surface area contributed by atoms with Gasteiger partial charge < -0.3 is 37.1 Å². The number of aromatic amines is 5. The molecule has 0 aliphatic rings. The Morgan fingerprint density at radius 3 is 1.26 bits per heavy atom. The summed E-state index contributed by atoms with van der Waals surface area (Å²) in [7, 11) is 0. The van der Waals surface area contributed by atoms with E-state index in [2.05, 4.69) is 69.8 Å². The summed E-state index contributed by atoms with van der Waals surface area (Å²) in [4.78, 5) is 68.4. The standard InChI is InChI=1S/3C5H5N5.C5H6N2O2/c3*6-4-3-5(9-1-7-3)10-2-8-4;1-3-2-6-5(9)7-4(3)8/h3*1-2H,(H3,6,7,8,9,10);2H,1H3,(H2,6,7,8,9). The number of fused-ring (bicyclic) bond motifs is 3. The molecule has 0 saturated heterocycles. The van der Waals surface area contributed by atoms with E-state index >= 15 is 0 Å². The molecule has 7 rings (SSSR count). The van der Waals surface area contributed by atoms with Gasteiger partial charge in [-0.05, 0) is 6.92 Å². The zero-order valence-corrected chi connectivity index (χ0v) is 20.1. The molecule has 19 nitrogen and oxygen atoms in total. The summed E-state index contributed by atoms with van der Waals surface area (Å²) in [6, 6.07) is 0. The van der Waals surface area contributed by atoms with Crippen LogP contribution in [0.5, 0.6) is 0 Å². The lowest BCUT2D eigenvalue weighted by molar-refractivity contribution is 1.01. The summed E-state index contributed by atoms with van der Waals surface area (Å²) in [5.41, 5.74) is 20.0. The normalized spacial score (nSPS) is 10.2. The van der Waals surface area contributed by atoms with Crippen molar-refractivity contribution < 1.29 is 0 Å². The van der Waals surface area contributed by atoms with Crippen molar-refractivity contribution in [2.24, 2.45) is 0 Å². The Labute approximate surface area is 215 Å². The minimum absolute atomic E-state index is 0.334. The van der Waals surface area contributed by atoms with E-state index in [4.69, 9.17) is 17.2 Å². The van der Waals surface area contributed by atoms with Crippen molar-refractivity contribution in [3.63, 3.8) is 0 Å². The molecule has 7 heterocycles. The van der Waals surface area contributed by atoms with Gasteiger partial charge in [0.05, 0.1) is 19.0 Å². The molecule has 0 aromatic carbocycles. The van der Waals surface area contributed by atoms with Crippen molar-refractivity contribution in [2.75, 3.05) is 17.2 Å². The van der Waals surface area contributed by atoms with Gasteiger partial charge in [0.15, 0.2) is 34.4 Å². The van der Waals surface area contributed by atoms with Gasteiger partial charge in [-0.25, -0.2) is 49.7 Å². The van der Waals surface area contributed by atoms with E-state index in [1.165, 1.54) is 44.2 Å². The van der Waals surface area contributed by atoms with E-state index in [-0.39, 0.29) is 5.56 Å². The van der Waals surface area contributed by atoms with E-state index in [9.17, 15) is 9.59 Å². The van der Waals surface area contributed by atoms with Crippen LogP contribution in [-0.4, -0.2) is 69.8 Å². The van der Waals surface area contributed by atoms with Crippen LogP contribution in [0.3, 0.4) is 0 Å². The first-order valence-electron chi connectivity index (χ1n) is 10.8. The average molecular weight is 532 g/mol. The van der Waals surface area contributed by atoms with Crippen molar-refractivity contribution in [2.45, 2.75) is 6.92 Å². The SMILES string of the molecule is Cc1c[nH]c(=O)[nH]c1=O.Nc1ncnc2nc[nH]c12.Nc1ncnc2nc[nH]c12.Nc1ncnc2nc[nH]c12. The number of nitrogens with one attached hydrogen (secondary N) is 5. The molecule has 19 heteroatoms. The highest BCUT2D eigenvalue weighted by Crippen LogP contribution is 2.10. The van der Waals surface area contributed by atoms with Gasteiger partial charge in [-0.3, -0.25) is 9.78 Å². The summed E-state index contributed by atoms with van der Waals surface area (Å²) in [5, 5.41) is 0. The third kappa shape index (κ3) is 6.30. The van der Waals surface area contributed by atoms with E-state index in [0.29, 0.717) is 56.5 Å². The molecule has 7 aromatic heterocycles. The number of imidazole rings is 3. The quantitative estimate of drug-likeness (QED) is 0.118. The zero-order valence-electron chi connectivity index (χ0n) is 20.1. The Morgan fingerprint density at radius 1 is 0.564 bits per heavy atom. The molecule has 0 unspecified atom stereocenters. The molecule has 0 aliphatic heterocycles. The Kier molecular flexibility index (Phi) is 7.71. The molecular formula is C20H21N17O2. The molecule has 0 saturated carbocycles. The maximum atomic E-state index is 10.6. The average Bonchev–Trinajstić information content (AvgIpc) is 3.70. The predicted octanol–water partition coefficient (Wildman–Crippen LogP) is -0.823. The van der Waals surface area contributed by atoms with Gasteiger partial charge >= 0.3 is 5.69 Å². The second-order valence-corrected chi connectivity index (χ2v) is 7.34. The Balaban J connectivity index is 0.000000121. The van der Waals surface area contributed by atoms with Crippen LogP contribution in [-0.2, 0) is 0 Å². The van der Waals surface area contributed by atoms with Crippen LogP contribution in [0.1, 0.15) is 5.56 Å². The summed E-state index contributed by atoms with van der Waals surface area (Å²) in [5.74, 6) is 1.30. The molecule has 0 aliphatic carbocycles. The van der Waals surface area contributed by atoms with E-state index in [1.807, 2.05) is 0 Å². The molecule has 0 radical (unpaired) electrons. The van der Waals surface area contributed by atoms with Gasteiger partial charge in [0, 0.05) is 11.8 Å². The smallest absolute Gasteiger partial charge is 0.325 e. The third-order valence-corrected chi connectivity index (χ3v) is 4.76. The molecule has 0 fully saturated rings. The lowest BCUT2D eigenvalue weighted by Crippen LogP contribution is -2.22. The van der Waals surface area contributed by atoms with E-state index < -0.39 is 5.69 Å². The number of rotatable bonds is 0. The lowest BCUT2D eigenvalue weighted by atomic mass is 10.4. The fraction of sp³-hybridized carbons (Fsp3) is 0.0500. The number of nitrogens with zero attached hydrogens (tertiary/aromatic N) is 9. The van der Waals surface area contributed by atoms with Crippen molar-refractivity contribution in [1.82, 2.24) is 69.8 Å². The minimum atomic E-state index is -0.467. The van der Waals surface area contributed by atoms with Gasteiger partial charge in [0.1, 0.15) is 35.5 Å². The highest BCUT2D eigenvalue weighted by atomic mass is 16.2. The van der Waals surface area contributed by atoms with Crippen LogP contribution >= 0.6 is 0 Å². The number of aryl methyl sites for hydroxylation is 1. The molecule has 0 amide bonds. The molecule has 0 bridgehead atoms. The van der Waals surface area contributed by atoms with Crippen LogP contribution in [0.25, 0.3) is 33.5 Å². The van der Waals surface area contributed by atoms with Crippen LogP contribution in [0, 0.1) is 6.92 Å². The molecule has 0 atom stereocenters. The molecule has 0 spiro atoms. The molecule has 198 valence electrons. The van der Waals surface area contributed by atoms with E-state index in [0.717, 1.165) is 0 Å².